The zero-order valence-electron chi connectivity index (χ0n) is 17.5. The van der Waals surface area contributed by atoms with E-state index in [2.05, 4.69) is 11.0 Å². The Balaban J connectivity index is 1.12. The lowest BCUT2D eigenvalue weighted by Crippen LogP contribution is -2.50. The van der Waals surface area contributed by atoms with Gasteiger partial charge in [-0.2, -0.15) is 0 Å². The molecule has 0 spiro atoms. The minimum absolute atomic E-state index is 0.0728. The summed E-state index contributed by atoms with van der Waals surface area (Å²) in [6.07, 6.45) is 0.322. The van der Waals surface area contributed by atoms with E-state index in [-0.39, 0.29) is 24.5 Å². The monoisotopic (exact) mass is 421 g/mol. The minimum Gasteiger partial charge on any atom is -0.454 e. The number of ether oxygens (including phenoxy) is 2. The number of likely N-dealkylation sites (tertiary alicyclic amines) is 1. The third kappa shape index (κ3) is 4.37. The summed E-state index contributed by atoms with van der Waals surface area (Å²) in [6, 6.07) is 16.0. The second-order valence-corrected chi connectivity index (χ2v) is 8.45. The number of benzene rings is 2. The summed E-state index contributed by atoms with van der Waals surface area (Å²) in [6.45, 7) is 5.26. The summed E-state index contributed by atoms with van der Waals surface area (Å²) in [7, 11) is 0. The number of rotatable bonds is 5. The summed E-state index contributed by atoms with van der Waals surface area (Å²) in [5.41, 5.74) is 2.28. The van der Waals surface area contributed by atoms with Crippen molar-refractivity contribution in [3.8, 4) is 11.5 Å². The van der Waals surface area contributed by atoms with E-state index in [0.29, 0.717) is 32.6 Å². The Morgan fingerprint density at radius 1 is 0.903 bits per heavy atom. The molecule has 0 radical (unpaired) electrons. The molecule has 2 saturated heterocycles. The molecule has 31 heavy (non-hydrogen) atoms. The number of piperazine rings is 1. The number of fused-ring (bicyclic) bond motifs is 1. The number of nitrogens with zero attached hydrogens (tertiary/aromatic N) is 3. The molecular weight excluding hydrogens is 394 g/mol. The van der Waals surface area contributed by atoms with Crippen LogP contribution in [-0.2, 0) is 22.7 Å². The van der Waals surface area contributed by atoms with Crippen LogP contribution in [0.1, 0.15) is 17.5 Å². The van der Waals surface area contributed by atoms with Gasteiger partial charge in [0.1, 0.15) is 0 Å². The molecule has 1 atom stereocenters. The molecule has 0 aliphatic carbocycles. The molecule has 3 aliphatic rings. The van der Waals surface area contributed by atoms with Crippen LogP contribution in [-0.4, -0.2) is 66.0 Å². The third-order valence-electron chi connectivity index (χ3n) is 6.31. The number of amides is 2. The van der Waals surface area contributed by atoms with E-state index in [1.807, 2.05) is 52.3 Å². The Labute approximate surface area is 182 Å². The molecule has 1 unspecified atom stereocenters. The van der Waals surface area contributed by atoms with Crippen molar-refractivity contribution >= 4 is 11.8 Å². The van der Waals surface area contributed by atoms with Gasteiger partial charge in [-0.3, -0.25) is 14.5 Å². The van der Waals surface area contributed by atoms with Crippen molar-refractivity contribution in [1.82, 2.24) is 14.7 Å². The molecule has 0 aromatic heterocycles. The fourth-order valence-corrected chi connectivity index (χ4v) is 4.58. The highest BCUT2D eigenvalue weighted by molar-refractivity contribution is 5.89. The van der Waals surface area contributed by atoms with Gasteiger partial charge in [0.05, 0.1) is 5.92 Å². The van der Waals surface area contributed by atoms with Crippen LogP contribution < -0.4 is 9.47 Å². The van der Waals surface area contributed by atoms with Gasteiger partial charge in [-0.15, -0.1) is 0 Å². The number of carbonyl (C=O) groups excluding carboxylic acids is 2. The van der Waals surface area contributed by atoms with Crippen LogP contribution in [0.2, 0.25) is 0 Å². The van der Waals surface area contributed by atoms with Gasteiger partial charge in [0.25, 0.3) is 0 Å². The van der Waals surface area contributed by atoms with Crippen molar-refractivity contribution in [2.24, 2.45) is 5.92 Å². The van der Waals surface area contributed by atoms with Gasteiger partial charge in [0, 0.05) is 52.2 Å². The molecule has 0 saturated carbocycles. The van der Waals surface area contributed by atoms with Crippen molar-refractivity contribution < 1.29 is 19.1 Å². The molecule has 0 N–H and O–H groups in total. The summed E-state index contributed by atoms with van der Waals surface area (Å²) in [5.74, 6) is 1.57. The van der Waals surface area contributed by atoms with E-state index in [1.165, 1.54) is 5.56 Å². The van der Waals surface area contributed by atoms with Crippen LogP contribution in [0.5, 0.6) is 11.5 Å². The van der Waals surface area contributed by atoms with Crippen molar-refractivity contribution in [3.05, 3.63) is 59.7 Å². The van der Waals surface area contributed by atoms with Crippen LogP contribution >= 0.6 is 0 Å². The lowest BCUT2D eigenvalue weighted by Gasteiger charge is -2.36. The molecule has 3 heterocycles. The maximum absolute atomic E-state index is 13.0. The van der Waals surface area contributed by atoms with Gasteiger partial charge in [-0.25, -0.2) is 0 Å². The molecule has 2 amide bonds. The topological polar surface area (TPSA) is 62.3 Å². The molecule has 2 aromatic carbocycles. The standard InChI is InChI=1S/C24H27N3O4/c28-23-13-20(16-27(23)15-18-4-2-1-3-5-18)24(29)26-10-8-25(9-11-26)14-19-6-7-21-22(12-19)31-17-30-21/h1-7,12,20H,8-11,13-17H2. The van der Waals surface area contributed by atoms with Gasteiger partial charge in [-0.05, 0) is 23.3 Å². The third-order valence-corrected chi connectivity index (χ3v) is 6.31. The fourth-order valence-electron chi connectivity index (χ4n) is 4.58. The summed E-state index contributed by atoms with van der Waals surface area (Å²) < 4.78 is 10.8. The molecule has 7 heteroatoms. The maximum Gasteiger partial charge on any atom is 0.231 e. The van der Waals surface area contributed by atoms with Gasteiger partial charge in [0.2, 0.25) is 18.6 Å². The molecular formula is C24H27N3O4. The predicted molar refractivity (Wildman–Crippen MR) is 114 cm³/mol. The second-order valence-electron chi connectivity index (χ2n) is 8.45. The first-order valence-corrected chi connectivity index (χ1v) is 10.9. The first-order chi connectivity index (χ1) is 15.2. The largest absolute Gasteiger partial charge is 0.454 e. The van der Waals surface area contributed by atoms with Crippen LogP contribution in [0, 0.1) is 5.92 Å². The van der Waals surface area contributed by atoms with Gasteiger partial charge in [0.15, 0.2) is 11.5 Å². The van der Waals surface area contributed by atoms with Gasteiger partial charge < -0.3 is 19.3 Å². The minimum atomic E-state index is -0.225. The average Bonchev–Trinajstić information content (AvgIpc) is 3.41. The highest BCUT2D eigenvalue weighted by Gasteiger charge is 2.37. The van der Waals surface area contributed by atoms with E-state index >= 15 is 0 Å². The SMILES string of the molecule is O=C1CC(C(=O)N2CCN(Cc3ccc4c(c3)OCO4)CC2)CN1Cc1ccccc1. The van der Waals surface area contributed by atoms with E-state index in [9.17, 15) is 9.59 Å². The van der Waals surface area contributed by atoms with E-state index < -0.39 is 0 Å². The van der Waals surface area contributed by atoms with Gasteiger partial charge >= 0.3 is 0 Å². The Hall–Kier alpha value is -3.06. The van der Waals surface area contributed by atoms with Crippen LogP contribution in [0.4, 0.5) is 0 Å². The molecule has 3 aliphatic heterocycles. The lowest BCUT2D eigenvalue weighted by atomic mass is 10.1. The van der Waals surface area contributed by atoms with E-state index in [1.54, 1.807) is 0 Å². The summed E-state index contributed by atoms with van der Waals surface area (Å²) in [4.78, 5) is 31.6. The van der Waals surface area contributed by atoms with Crippen molar-refractivity contribution in [1.29, 1.82) is 0 Å². The first kappa shape index (κ1) is 19.9. The summed E-state index contributed by atoms with van der Waals surface area (Å²) in [5, 5.41) is 0. The normalized spacial score (nSPS) is 21.0. The van der Waals surface area contributed by atoms with Gasteiger partial charge in [-0.1, -0.05) is 36.4 Å². The van der Waals surface area contributed by atoms with Crippen LogP contribution in [0.25, 0.3) is 0 Å². The molecule has 0 bridgehead atoms. The average molecular weight is 421 g/mol. The summed E-state index contributed by atoms with van der Waals surface area (Å²) >= 11 is 0. The quantitative estimate of drug-likeness (QED) is 0.740. The molecule has 162 valence electrons. The molecule has 2 fully saturated rings. The van der Waals surface area contributed by atoms with E-state index in [4.69, 9.17) is 9.47 Å². The first-order valence-electron chi connectivity index (χ1n) is 10.9. The van der Waals surface area contributed by atoms with E-state index in [0.717, 1.165) is 36.7 Å². The second kappa shape index (κ2) is 8.59. The zero-order chi connectivity index (χ0) is 21.2. The fraction of sp³-hybridized carbons (Fsp3) is 0.417. The van der Waals surface area contributed by atoms with Crippen molar-refractivity contribution in [3.63, 3.8) is 0 Å². The Bertz CT molecular complexity index is 957. The molecule has 5 rings (SSSR count). The zero-order valence-corrected chi connectivity index (χ0v) is 17.5. The molecule has 2 aromatic rings. The highest BCUT2D eigenvalue weighted by atomic mass is 16.7. The van der Waals surface area contributed by atoms with Crippen LogP contribution in [0.15, 0.2) is 48.5 Å². The van der Waals surface area contributed by atoms with Crippen molar-refractivity contribution in [2.75, 3.05) is 39.5 Å². The Morgan fingerprint density at radius 3 is 2.48 bits per heavy atom. The Morgan fingerprint density at radius 2 is 1.68 bits per heavy atom. The number of hydrogen-bond acceptors (Lipinski definition) is 5. The maximum atomic E-state index is 13.0. The Kier molecular flexibility index (Phi) is 5.51. The number of hydrogen-bond donors (Lipinski definition) is 0. The molecule has 7 nitrogen and oxygen atoms in total. The number of carbonyl (C=O) groups is 2. The smallest absolute Gasteiger partial charge is 0.231 e. The predicted octanol–water partition coefficient (Wildman–Crippen LogP) is 2.11. The van der Waals surface area contributed by atoms with Crippen molar-refractivity contribution in [2.45, 2.75) is 19.5 Å². The van der Waals surface area contributed by atoms with Crippen LogP contribution in [0.3, 0.4) is 0 Å². The lowest BCUT2D eigenvalue weighted by molar-refractivity contribution is -0.137. The highest BCUT2D eigenvalue weighted by Crippen LogP contribution is 2.33.